The predicted octanol–water partition coefficient (Wildman–Crippen LogP) is 2.03. The highest BCUT2D eigenvalue weighted by Crippen LogP contribution is 2.15. The van der Waals surface area contributed by atoms with E-state index in [0.29, 0.717) is 5.02 Å². The monoisotopic (exact) mass is 267 g/mol. The molecule has 1 aromatic rings. The molecule has 0 radical (unpaired) electrons. The van der Waals surface area contributed by atoms with Crippen molar-refractivity contribution in [3.8, 4) is 0 Å². The lowest BCUT2D eigenvalue weighted by molar-refractivity contribution is -0.140. The molecule has 1 N–H and O–H groups in total. The number of ether oxygens (including phenoxy) is 1. The summed E-state index contributed by atoms with van der Waals surface area (Å²) in [7, 11) is 1.31. The highest BCUT2D eigenvalue weighted by molar-refractivity contribution is 6.32. The van der Waals surface area contributed by atoms with Gasteiger partial charge in [0.1, 0.15) is 0 Å². The lowest BCUT2D eigenvalue weighted by Crippen LogP contribution is -2.24. The molecule has 0 aliphatic rings. The Labute approximate surface area is 111 Å². The molecule has 0 saturated heterocycles. The van der Waals surface area contributed by atoms with Gasteiger partial charge >= 0.3 is 5.97 Å². The number of carbonyl (C=O) groups excluding carboxylic acids is 2. The predicted molar refractivity (Wildman–Crippen MR) is 70.1 cm³/mol. The fraction of sp³-hybridized carbons (Fsp3) is 0.231. The molecule has 5 heteroatoms. The normalized spacial score (nSPS) is 10.3. The topological polar surface area (TPSA) is 55.4 Å². The van der Waals surface area contributed by atoms with E-state index < -0.39 is 0 Å². The molecule has 0 heterocycles. The molecule has 0 aliphatic carbocycles. The molecule has 0 aromatic heterocycles. The minimum atomic E-state index is -0.356. The number of hydrogen-bond acceptors (Lipinski definition) is 3. The summed E-state index contributed by atoms with van der Waals surface area (Å²) in [5.74, 6) is -0.635. The average Bonchev–Trinajstić information content (AvgIpc) is 2.37. The van der Waals surface area contributed by atoms with Crippen LogP contribution in [0, 0.1) is 0 Å². The summed E-state index contributed by atoms with van der Waals surface area (Å²) in [6, 6.07) is 7.20. The second kappa shape index (κ2) is 7.50. The lowest BCUT2D eigenvalue weighted by atomic mass is 10.2. The Kier molecular flexibility index (Phi) is 5.94. The van der Waals surface area contributed by atoms with E-state index in [2.05, 4.69) is 10.1 Å². The summed E-state index contributed by atoms with van der Waals surface area (Å²) < 4.78 is 4.45. The van der Waals surface area contributed by atoms with Crippen molar-refractivity contribution in [2.75, 3.05) is 13.7 Å². The number of methoxy groups -OCH3 is 1. The Balaban J connectivity index is 2.41. The van der Waals surface area contributed by atoms with Crippen LogP contribution in [0.3, 0.4) is 0 Å². The van der Waals surface area contributed by atoms with E-state index in [9.17, 15) is 9.59 Å². The first-order valence-electron chi connectivity index (χ1n) is 5.40. The summed E-state index contributed by atoms with van der Waals surface area (Å²) in [5, 5.41) is 3.15. The number of carbonyl (C=O) groups is 2. The van der Waals surface area contributed by atoms with E-state index in [0.717, 1.165) is 5.56 Å². The van der Waals surface area contributed by atoms with Gasteiger partial charge in [-0.1, -0.05) is 29.8 Å². The van der Waals surface area contributed by atoms with Gasteiger partial charge in [-0.25, -0.2) is 0 Å². The van der Waals surface area contributed by atoms with Gasteiger partial charge in [0.2, 0.25) is 5.91 Å². The molecule has 1 amide bonds. The quantitative estimate of drug-likeness (QED) is 0.656. The molecular weight excluding hydrogens is 254 g/mol. The average molecular weight is 268 g/mol. The molecule has 1 rings (SSSR count). The summed E-state index contributed by atoms with van der Waals surface area (Å²) >= 11 is 5.93. The highest BCUT2D eigenvalue weighted by Gasteiger charge is 2.01. The van der Waals surface area contributed by atoms with Crippen molar-refractivity contribution >= 4 is 29.6 Å². The molecule has 0 bridgehead atoms. The molecule has 1 aromatic carbocycles. The molecule has 0 saturated carbocycles. The number of benzene rings is 1. The third-order valence-corrected chi connectivity index (χ3v) is 2.52. The van der Waals surface area contributed by atoms with E-state index in [1.807, 2.05) is 12.1 Å². The van der Waals surface area contributed by atoms with Gasteiger partial charge in [0, 0.05) is 17.6 Å². The third-order valence-electron chi connectivity index (χ3n) is 2.18. The third kappa shape index (κ3) is 5.01. The minimum absolute atomic E-state index is 0.155. The molecule has 96 valence electrons. The van der Waals surface area contributed by atoms with Gasteiger partial charge < -0.3 is 10.1 Å². The van der Waals surface area contributed by atoms with Gasteiger partial charge in [-0.2, -0.15) is 0 Å². The maximum absolute atomic E-state index is 11.4. The van der Waals surface area contributed by atoms with Crippen LogP contribution in [0.15, 0.2) is 30.3 Å². The van der Waals surface area contributed by atoms with Gasteiger partial charge in [-0.05, 0) is 17.7 Å². The first kappa shape index (κ1) is 14.3. The maximum atomic E-state index is 11.4. The van der Waals surface area contributed by atoms with Gasteiger partial charge in [0.15, 0.2) is 0 Å². The van der Waals surface area contributed by atoms with Crippen LogP contribution in [0.25, 0.3) is 6.08 Å². The van der Waals surface area contributed by atoms with Gasteiger partial charge in [0.25, 0.3) is 0 Å². The Morgan fingerprint density at radius 1 is 1.39 bits per heavy atom. The lowest BCUT2D eigenvalue weighted by Gasteiger charge is -2.01. The molecule has 4 nitrogen and oxygen atoms in total. The number of amides is 1. The standard InChI is InChI=1S/C13H14ClNO3/c1-18-13(17)8-9-15-12(16)7-6-10-4-2-3-5-11(10)14/h2-7H,8-9H2,1H3,(H,15,16). The van der Waals surface area contributed by atoms with Gasteiger partial charge in [0.05, 0.1) is 13.5 Å². The summed E-state index contributed by atoms with van der Waals surface area (Å²) in [6.45, 7) is 0.248. The van der Waals surface area contributed by atoms with Gasteiger partial charge in [-0.15, -0.1) is 0 Å². The zero-order chi connectivity index (χ0) is 13.4. The zero-order valence-corrected chi connectivity index (χ0v) is 10.7. The molecule has 0 aliphatic heterocycles. The van der Waals surface area contributed by atoms with Crippen molar-refractivity contribution in [2.24, 2.45) is 0 Å². The van der Waals surface area contributed by atoms with Crippen LogP contribution in [-0.4, -0.2) is 25.5 Å². The van der Waals surface area contributed by atoms with E-state index >= 15 is 0 Å². The summed E-state index contributed by atoms with van der Waals surface area (Å²) in [6.07, 6.45) is 3.15. The van der Waals surface area contributed by atoms with Crippen molar-refractivity contribution in [2.45, 2.75) is 6.42 Å². The van der Waals surface area contributed by atoms with E-state index in [-0.39, 0.29) is 24.8 Å². The zero-order valence-electron chi connectivity index (χ0n) is 9.98. The largest absolute Gasteiger partial charge is 0.469 e. The number of rotatable bonds is 5. The van der Waals surface area contributed by atoms with Crippen LogP contribution in [-0.2, 0) is 14.3 Å². The fourth-order valence-electron chi connectivity index (χ4n) is 1.22. The number of hydrogen-bond donors (Lipinski definition) is 1. The van der Waals surface area contributed by atoms with Crippen molar-refractivity contribution in [3.05, 3.63) is 40.9 Å². The molecule has 0 spiro atoms. The molecule has 0 unspecified atom stereocenters. The fourth-order valence-corrected chi connectivity index (χ4v) is 1.42. The first-order chi connectivity index (χ1) is 8.63. The minimum Gasteiger partial charge on any atom is -0.469 e. The second-order valence-electron chi connectivity index (χ2n) is 3.47. The number of nitrogens with one attached hydrogen (secondary N) is 1. The summed E-state index contributed by atoms with van der Waals surface area (Å²) in [5.41, 5.74) is 0.766. The molecule has 0 fully saturated rings. The Morgan fingerprint density at radius 2 is 2.11 bits per heavy atom. The molecule has 0 atom stereocenters. The SMILES string of the molecule is COC(=O)CCNC(=O)C=Cc1ccccc1Cl. The summed E-state index contributed by atoms with van der Waals surface area (Å²) in [4.78, 5) is 22.2. The van der Waals surface area contributed by atoms with Crippen molar-refractivity contribution in [1.82, 2.24) is 5.32 Å². The van der Waals surface area contributed by atoms with E-state index in [1.165, 1.54) is 13.2 Å². The number of halogens is 1. The van der Waals surface area contributed by atoms with Crippen LogP contribution in [0.2, 0.25) is 5.02 Å². The smallest absolute Gasteiger partial charge is 0.307 e. The molecule has 18 heavy (non-hydrogen) atoms. The first-order valence-corrected chi connectivity index (χ1v) is 5.78. The second-order valence-corrected chi connectivity index (χ2v) is 3.88. The van der Waals surface area contributed by atoms with Crippen molar-refractivity contribution in [1.29, 1.82) is 0 Å². The Bertz CT molecular complexity index is 457. The van der Waals surface area contributed by atoms with Crippen LogP contribution < -0.4 is 5.32 Å². The number of esters is 1. The van der Waals surface area contributed by atoms with E-state index in [4.69, 9.17) is 11.6 Å². The molecular formula is C13H14ClNO3. The van der Waals surface area contributed by atoms with Crippen LogP contribution >= 0.6 is 11.6 Å². The van der Waals surface area contributed by atoms with E-state index in [1.54, 1.807) is 18.2 Å². The maximum Gasteiger partial charge on any atom is 0.307 e. The van der Waals surface area contributed by atoms with Crippen molar-refractivity contribution < 1.29 is 14.3 Å². The van der Waals surface area contributed by atoms with Crippen LogP contribution in [0.5, 0.6) is 0 Å². The Hall–Kier alpha value is -1.81. The Morgan fingerprint density at radius 3 is 2.78 bits per heavy atom. The highest BCUT2D eigenvalue weighted by atomic mass is 35.5. The van der Waals surface area contributed by atoms with Gasteiger partial charge in [-0.3, -0.25) is 9.59 Å². The van der Waals surface area contributed by atoms with Crippen LogP contribution in [0.1, 0.15) is 12.0 Å². The van der Waals surface area contributed by atoms with Crippen LogP contribution in [0.4, 0.5) is 0 Å². The van der Waals surface area contributed by atoms with Crippen molar-refractivity contribution in [3.63, 3.8) is 0 Å².